The van der Waals surface area contributed by atoms with Gasteiger partial charge in [-0.05, 0) is 37.3 Å². The molecule has 2 aromatic rings. The van der Waals surface area contributed by atoms with Gasteiger partial charge in [0.1, 0.15) is 23.5 Å². The number of amides is 1. The van der Waals surface area contributed by atoms with Gasteiger partial charge in [0.05, 0.1) is 5.69 Å². The molecular weight excluding hydrogens is 329 g/mol. The van der Waals surface area contributed by atoms with Crippen molar-refractivity contribution >= 4 is 23.2 Å². The zero-order chi connectivity index (χ0) is 17.0. The number of carbonyl (C=O) groups excluding carboxylic acids is 1. The molecule has 0 aromatic heterocycles. The summed E-state index contributed by atoms with van der Waals surface area (Å²) in [5.74, 6) is -2.39. The van der Waals surface area contributed by atoms with E-state index in [-0.39, 0.29) is 17.8 Å². The number of hydrogen-bond acceptors (Lipinski definition) is 1. The van der Waals surface area contributed by atoms with Crippen LogP contribution in [0.5, 0.6) is 0 Å². The molecule has 0 aliphatic carbocycles. The van der Waals surface area contributed by atoms with E-state index in [1.165, 1.54) is 18.2 Å². The number of hydrogen-bond donors (Lipinski definition) is 2. The lowest BCUT2D eigenvalue weighted by Crippen LogP contribution is -2.86. The number of nitrogens with two attached hydrogens (primary N) is 1. The molecule has 0 fully saturated rings. The number of halogens is 4. The van der Waals surface area contributed by atoms with Gasteiger partial charge in [0.25, 0.3) is 5.91 Å². The Kier molecular flexibility index (Phi) is 5.63. The minimum atomic E-state index is -0.671. The highest BCUT2D eigenvalue weighted by Crippen LogP contribution is 2.19. The van der Waals surface area contributed by atoms with Crippen molar-refractivity contribution in [3.63, 3.8) is 0 Å². The number of nitrogens with one attached hydrogen (secondary N) is 1. The van der Waals surface area contributed by atoms with Crippen LogP contribution in [0.2, 0.25) is 5.02 Å². The molecule has 0 aliphatic rings. The fourth-order valence-electron chi connectivity index (χ4n) is 2.08. The number of benzene rings is 2. The van der Waals surface area contributed by atoms with Crippen LogP contribution in [0.1, 0.15) is 18.5 Å². The van der Waals surface area contributed by atoms with Crippen molar-refractivity contribution in [3.8, 4) is 0 Å². The Morgan fingerprint density at radius 3 is 2.61 bits per heavy atom. The fraction of sp³-hybridized carbons (Fsp3) is 0.188. The van der Waals surface area contributed by atoms with Crippen LogP contribution < -0.4 is 10.6 Å². The first-order valence-electron chi connectivity index (χ1n) is 6.90. The molecule has 0 radical (unpaired) electrons. The van der Waals surface area contributed by atoms with Gasteiger partial charge in [0, 0.05) is 16.7 Å². The smallest absolute Gasteiger partial charge is 0.279 e. The van der Waals surface area contributed by atoms with Crippen molar-refractivity contribution < 1.29 is 23.3 Å². The van der Waals surface area contributed by atoms with Gasteiger partial charge in [0.2, 0.25) is 0 Å². The van der Waals surface area contributed by atoms with E-state index in [9.17, 15) is 18.0 Å². The second-order valence-corrected chi connectivity index (χ2v) is 5.50. The Hall–Kier alpha value is -2.05. The Labute approximate surface area is 136 Å². The van der Waals surface area contributed by atoms with Crippen molar-refractivity contribution in [3.05, 3.63) is 64.4 Å². The number of anilines is 1. The Balaban J connectivity index is 1.94. The van der Waals surface area contributed by atoms with Gasteiger partial charge < -0.3 is 10.6 Å². The minimum absolute atomic E-state index is 0.0171. The zero-order valence-electron chi connectivity index (χ0n) is 12.2. The van der Waals surface area contributed by atoms with E-state index < -0.39 is 29.4 Å². The van der Waals surface area contributed by atoms with E-state index in [1.54, 1.807) is 12.2 Å². The second kappa shape index (κ2) is 7.48. The first kappa shape index (κ1) is 17.3. The average Bonchev–Trinajstić information content (AvgIpc) is 2.48. The molecule has 23 heavy (non-hydrogen) atoms. The fourth-order valence-corrected chi connectivity index (χ4v) is 2.25. The number of carbonyl (C=O) groups is 1. The zero-order valence-corrected chi connectivity index (χ0v) is 13.0. The van der Waals surface area contributed by atoms with Gasteiger partial charge in [0.15, 0.2) is 6.54 Å². The van der Waals surface area contributed by atoms with Crippen LogP contribution in [0.25, 0.3) is 0 Å². The molecule has 1 amide bonds. The van der Waals surface area contributed by atoms with E-state index in [4.69, 9.17) is 11.6 Å². The average molecular weight is 344 g/mol. The third-order valence-electron chi connectivity index (χ3n) is 3.31. The summed E-state index contributed by atoms with van der Waals surface area (Å²) in [5.41, 5.74) is 0.268. The standard InChI is InChI=1S/C16H14ClF3N2O/c1-9(12-4-3-11(18)7-14(12)20)21-8-16(23)22-15-6-10(17)2-5-13(15)19/h2-7,9,21H,8H2,1H3,(H,22,23)/p+1/t9-/m0/s1. The topological polar surface area (TPSA) is 45.7 Å². The van der Waals surface area contributed by atoms with Crippen LogP contribution in [-0.2, 0) is 4.79 Å². The third-order valence-corrected chi connectivity index (χ3v) is 3.55. The summed E-state index contributed by atoms with van der Waals surface area (Å²) in [5, 5.41) is 4.26. The summed E-state index contributed by atoms with van der Waals surface area (Å²) >= 11 is 5.74. The van der Waals surface area contributed by atoms with Crippen molar-refractivity contribution in [1.82, 2.24) is 0 Å². The van der Waals surface area contributed by atoms with Gasteiger partial charge in [-0.25, -0.2) is 13.2 Å². The van der Waals surface area contributed by atoms with Crippen LogP contribution in [0.3, 0.4) is 0 Å². The predicted octanol–water partition coefficient (Wildman–Crippen LogP) is 3.02. The van der Waals surface area contributed by atoms with Crippen LogP contribution in [0, 0.1) is 17.5 Å². The molecule has 0 unspecified atom stereocenters. The number of quaternary nitrogens is 1. The first-order valence-corrected chi connectivity index (χ1v) is 7.28. The molecule has 7 heteroatoms. The molecule has 0 saturated heterocycles. The Bertz CT molecular complexity index is 724. The Morgan fingerprint density at radius 1 is 1.17 bits per heavy atom. The maximum Gasteiger partial charge on any atom is 0.279 e. The van der Waals surface area contributed by atoms with Crippen LogP contribution in [-0.4, -0.2) is 12.5 Å². The van der Waals surface area contributed by atoms with Crippen molar-refractivity contribution in [2.45, 2.75) is 13.0 Å². The molecule has 3 N–H and O–H groups in total. The summed E-state index contributed by atoms with van der Waals surface area (Å²) in [6, 6.07) is 6.71. The van der Waals surface area contributed by atoms with E-state index in [1.807, 2.05) is 0 Å². The highest BCUT2D eigenvalue weighted by Gasteiger charge is 2.16. The molecule has 1 atom stereocenters. The normalized spacial score (nSPS) is 12.0. The first-order chi connectivity index (χ1) is 10.9. The predicted molar refractivity (Wildman–Crippen MR) is 81.6 cm³/mol. The molecule has 0 heterocycles. The van der Waals surface area contributed by atoms with E-state index in [0.29, 0.717) is 5.02 Å². The highest BCUT2D eigenvalue weighted by molar-refractivity contribution is 6.30. The SMILES string of the molecule is C[C@H]([NH2+]CC(=O)Nc1cc(Cl)ccc1F)c1ccc(F)cc1F. The summed E-state index contributed by atoms with van der Waals surface area (Å²) in [4.78, 5) is 11.8. The molecule has 3 nitrogen and oxygen atoms in total. The molecule has 2 rings (SSSR count). The van der Waals surface area contributed by atoms with E-state index in [0.717, 1.165) is 18.2 Å². The van der Waals surface area contributed by atoms with E-state index in [2.05, 4.69) is 5.32 Å². The summed E-state index contributed by atoms with van der Waals surface area (Å²) in [6.45, 7) is 1.63. The minimum Gasteiger partial charge on any atom is -0.332 e. The molecule has 0 spiro atoms. The van der Waals surface area contributed by atoms with Crippen molar-refractivity contribution in [2.24, 2.45) is 0 Å². The Morgan fingerprint density at radius 2 is 1.91 bits per heavy atom. The van der Waals surface area contributed by atoms with Gasteiger partial charge in [-0.1, -0.05) is 11.6 Å². The lowest BCUT2D eigenvalue weighted by Gasteiger charge is -2.12. The lowest BCUT2D eigenvalue weighted by molar-refractivity contribution is -0.682. The summed E-state index contributed by atoms with van der Waals surface area (Å²) < 4.78 is 40.0. The summed E-state index contributed by atoms with van der Waals surface area (Å²) in [7, 11) is 0. The molecular formula is C16H15ClF3N2O+. The van der Waals surface area contributed by atoms with Gasteiger partial charge in [-0.2, -0.15) is 0 Å². The van der Waals surface area contributed by atoms with Crippen molar-refractivity contribution in [2.75, 3.05) is 11.9 Å². The lowest BCUT2D eigenvalue weighted by atomic mass is 10.1. The van der Waals surface area contributed by atoms with E-state index >= 15 is 0 Å². The van der Waals surface area contributed by atoms with Crippen LogP contribution >= 0.6 is 11.6 Å². The maximum atomic E-state index is 13.6. The molecule has 0 aliphatic heterocycles. The van der Waals surface area contributed by atoms with Gasteiger partial charge >= 0.3 is 0 Å². The van der Waals surface area contributed by atoms with Crippen LogP contribution in [0.4, 0.5) is 18.9 Å². The second-order valence-electron chi connectivity index (χ2n) is 5.07. The molecule has 0 saturated carbocycles. The molecule has 2 aromatic carbocycles. The van der Waals surface area contributed by atoms with Gasteiger partial charge in [-0.15, -0.1) is 0 Å². The van der Waals surface area contributed by atoms with Crippen molar-refractivity contribution in [1.29, 1.82) is 0 Å². The highest BCUT2D eigenvalue weighted by atomic mass is 35.5. The monoisotopic (exact) mass is 343 g/mol. The quantitative estimate of drug-likeness (QED) is 0.861. The molecule has 0 bridgehead atoms. The third kappa shape index (κ3) is 4.71. The summed E-state index contributed by atoms with van der Waals surface area (Å²) in [6.07, 6.45) is 0. The van der Waals surface area contributed by atoms with Gasteiger partial charge in [-0.3, -0.25) is 4.79 Å². The maximum absolute atomic E-state index is 13.6. The van der Waals surface area contributed by atoms with Crippen LogP contribution in [0.15, 0.2) is 36.4 Å². The molecule has 122 valence electrons. The largest absolute Gasteiger partial charge is 0.332 e. The number of rotatable bonds is 5.